The van der Waals surface area contributed by atoms with E-state index in [1.54, 1.807) is 11.0 Å². The van der Waals surface area contributed by atoms with E-state index in [1.807, 2.05) is 0 Å². The molecule has 22 heteroatoms. The summed E-state index contributed by atoms with van der Waals surface area (Å²) in [7, 11) is -14.2. The molecule has 0 bridgehead atoms. The van der Waals surface area contributed by atoms with Crippen LogP contribution in [0.1, 0.15) is 46.4 Å². The summed E-state index contributed by atoms with van der Waals surface area (Å²) in [5.41, 5.74) is -1.01. The van der Waals surface area contributed by atoms with Crippen molar-refractivity contribution in [1.29, 1.82) is 0 Å². The van der Waals surface area contributed by atoms with Crippen LogP contribution in [0.4, 0.5) is 5.69 Å². The van der Waals surface area contributed by atoms with Crippen LogP contribution in [-0.2, 0) is 49.6 Å². The van der Waals surface area contributed by atoms with Gasteiger partial charge < -0.3 is 15.6 Å². The van der Waals surface area contributed by atoms with E-state index in [1.165, 1.54) is 18.2 Å². The molecule has 1 fully saturated rings. The van der Waals surface area contributed by atoms with Gasteiger partial charge in [0.2, 0.25) is 0 Å². The monoisotopic (exact) mass is 760 g/mol. The molecule has 0 aliphatic carbocycles. The molecule has 0 unspecified atom stereocenters. The predicted octanol–water partition coefficient (Wildman–Crippen LogP) is -0.617. The maximum atomic E-state index is 12.9. The van der Waals surface area contributed by atoms with Gasteiger partial charge in [0.05, 0.1) is 16.2 Å². The van der Waals surface area contributed by atoms with Gasteiger partial charge in [-0.05, 0) is 43.5 Å². The van der Waals surface area contributed by atoms with E-state index in [0.29, 0.717) is 42.6 Å². The second-order valence-electron chi connectivity index (χ2n) is 10.4. The second-order valence-corrected chi connectivity index (χ2v) is 16.0. The van der Waals surface area contributed by atoms with Crippen molar-refractivity contribution in [3.05, 3.63) is 40.8 Å². The normalized spacial score (nSPS) is 13.9. The van der Waals surface area contributed by atoms with Gasteiger partial charge in [-0.15, -0.1) is 16.4 Å². The molecule has 1 aromatic carbocycles. The minimum absolute atomic E-state index is 0. The zero-order chi connectivity index (χ0) is 34.7. The second kappa shape index (κ2) is 15.9. The Labute approximate surface area is 301 Å². The molecule has 3 aromatic rings. The molecule has 1 saturated heterocycles. The Hall–Kier alpha value is -2.73. The largest absolute Gasteiger partial charge is 1.00 e. The van der Waals surface area contributed by atoms with E-state index in [9.17, 15) is 53.5 Å². The number of thiophene rings is 1. The Morgan fingerprint density at radius 1 is 0.896 bits per heavy atom. The molecule has 2 amide bonds. The smallest absolute Gasteiger partial charge is 1.00 e. The van der Waals surface area contributed by atoms with Gasteiger partial charge in [-0.1, -0.05) is 6.42 Å². The first-order chi connectivity index (χ1) is 21.8. The number of amides is 2. The number of imide groups is 1. The number of nitrogens with zero attached hydrogens (tertiary/aromatic N) is 2. The van der Waals surface area contributed by atoms with Gasteiger partial charge in [0.25, 0.3) is 32.1 Å². The van der Waals surface area contributed by atoms with Crippen LogP contribution in [0.5, 0.6) is 0 Å². The molecule has 17 nitrogen and oxygen atoms in total. The minimum Gasteiger partial charge on any atom is -1.00 e. The average molecular weight is 761 g/mol. The van der Waals surface area contributed by atoms with Crippen LogP contribution in [0.25, 0.3) is 21.4 Å². The zero-order valence-corrected chi connectivity index (χ0v) is 30.5. The van der Waals surface area contributed by atoms with Gasteiger partial charge in [0.1, 0.15) is 14.7 Å². The van der Waals surface area contributed by atoms with Crippen LogP contribution in [-0.4, -0.2) is 80.6 Å². The van der Waals surface area contributed by atoms with Crippen LogP contribution < -0.4 is 40.1 Å². The first-order valence-corrected chi connectivity index (χ1v) is 19.1. The van der Waals surface area contributed by atoms with Crippen molar-refractivity contribution in [2.45, 2.75) is 54.1 Å². The van der Waals surface area contributed by atoms with E-state index >= 15 is 0 Å². The summed E-state index contributed by atoms with van der Waals surface area (Å²) in [4.78, 5) is 53.4. The number of rotatable bonds is 15. The zero-order valence-electron chi connectivity index (χ0n) is 26.2. The minimum atomic E-state index is -5.02. The molecular weight excluding hydrogens is 732 g/mol. The van der Waals surface area contributed by atoms with E-state index in [0.717, 1.165) is 0 Å². The molecule has 2 aromatic heterocycles. The fraction of sp³-hybridized carbons (Fsp3) is 0.385. The van der Waals surface area contributed by atoms with Gasteiger partial charge in [-0.25, -0.2) is 9.59 Å². The summed E-state index contributed by atoms with van der Waals surface area (Å²) in [6, 6.07) is 6.26. The number of unbranched alkanes of at least 4 members (excludes halogenated alkanes) is 2. The van der Waals surface area contributed by atoms with E-state index in [2.05, 4.69) is 0 Å². The topological polar surface area (TPSA) is 260 Å². The van der Waals surface area contributed by atoms with Gasteiger partial charge in [-0.3, -0.25) is 23.2 Å². The van der Waals surface area contributed by atoms with Gasteiger partial charge in [0.15, 0.2) is 0 Å². The summed E-state index contributed by atoms with van der Waals surface area (Å²) in [5.74, 6) is -2.46. The average Bonchev–Trinajstić information content (AvgIpc) is 3.55. The van der Waals surface area contributed by atoms with E-state index < -0.39 is 79.1 Å². The Balaban J connectivity index is 0.00000417. The maximum absolute atomic E-state index is 12.9. The van der Waals surface area contributed by atoms with Crippen LogP contribution in [0.2, 0.25) is 0 Å². The van der Waals surface area contributed by atoms with E-state index in [-0.39, 0.29) is 85.5 Å². The van der Waals surface area contributed by atoms with Crippen molar-refractivity contribution in [3.8, 4) is 10.4 Å². The number of hydrogen-bond acceptors (Lipinski definition) is 14. The molecule has 0 radical (unpaired) electrons. The Bertz CT molecular complexity index is 2100. The molecule has 3 heterocycles. The molecule has 3 N–H and O–H groups in total. The summed E-state index contributed by atoms with van der Waals surface area (Å²) in [5, 5.41) is 0.725. The molecule has 0 atom stereocenters. The summed E-state index contributed by atoms with van der Waals surface area (Å²) >= 11 is 0.235. The van der Waals surface area contributed by atoms with Crippen LogP contribution >= 0.6 is 11.3 Å². The molecule has 1 aliphatic heterocycles. The number of carbonyl (C=O) groups excluding carboxylic acids is 3. The molecule has 0 spiro atoms. The number of benzene rings is 1. The van der Waals surface area contributed by atoms with Crippen LogP contribution in [0.15, 0.2) is 48.6 Å². The third-order valence-corrected chi connectivity index (χ3v) is 11.2. The number of hydrogen-bond donors (Lipinski definition) is 3. The first kappa shape index (κ1) is 39.7. The number of hydroxylamine groups is 2. The maximum Gasteiger partial charge on any atom is 1.00 e. The number of anilines is 1. The third kappa shape index (κ3) is 10.4. The summed E-state index contributed by atoms with van der Waals surface area (Å²) < 4.78 is 102. The molecule has 258 valence electrons. The van der Waals surface area contributed by atoms with Gasteiger partial charge in [0, 0.05) is 49.5 Å². The van der Waals surface area contributed by atoms with E-state index in [4.69, 9.17) is 13.8 Å². The Morgan fingerprint density at radius 2 is 1.54 bits per heavy atom. The molecular formula is C26H29N2NaO15S4. The van der Waals surface area contributed by atoms with Crippen molar-refractivity contribution < 1.29 is 93.5 Å². The fourth-order valence-electron chi connectivity index (χ4n) is 4.68. The Morgan fingerprint density at radius 3 is 2.15 bits per heavy atom. The number of carbonyl (C=O) groups is 3. The van der Waals surface area contributed by atoms with Crippen molar-refractivity contribution >= 4 is 76.1 Å². The predicted molar refractivity (Wildman–Crippen MR) is 165 cm³/mol. The van der Waals surface area contributed by atoms with Crippen LogP contribution in [0.3, 0.4) is 0 Å². The van der Waals surface area contributed by atoms with Gasteiger partial charge in [-0.2, -0.15) is 25.3 Å². The van der Waals surface area contributed by atoms with Gasteiger partial charge >= 0.3 is 51.3 Å². The Kier molecular flexibility index (Phi) is 13.1. The van der Waals surface area contributed by atoms with Crippen molar-refractivity contribution in [2.75, 3.05) is 23.7 Å². The quantitative estimate of drug-likeness (QED) is 0.0573. The first-order valence-electron chi connectivity index (χ1n) is 13.8. The fourth-order valence-corrected chi connectivity index (χ4v) is 8.10. The SMILES string of the molecule is O=C(CCCCCN(CCCS(=O)(=O)O)c1ccc2cc(-c3sc(S(=O)(=O)O)cc3S(=O)(=O)O)c(=O)oc2c1)ON1C(=O)CCC1=O.[H-].[Na+]. The molecule has 1 aliphatic rings. The van der Waals surface area contributed by atoms with Crippen molar-refractivity contribution in [3.63, 3.8) is 0 Å². The standard InChI is InChI=1S/C26H28N2O15S4.Na.H/c29-21-8-9-22(30)28(21)43-23(31)5-2-1-3-10-27(11-4-12-45(33,34)35)17-7-6-16-13-18(26(32)42-19(16)14-17)25-20(46(36,37)38)15-24(44-25)47(39,40)41;;/h6-7,13-15H,1-5,8-12H2,(H,33,34,35)(H,36,37,38)(H,39,40,41);;/q;+1;-1. The summed E-state index contributed by atoms with van der Waals surface area (Å²) in [6.07, 6.45) is 1.21. The molecule has 0 saturated carbocycles. The third-order valence-electron chi connectivity index (χ3n) is 6.87. The van der Waals surface area contributed by atoms with Crippen LogP contribution in [0, 0.1) is 0 Å². The van der Waals surface area contributed by atoms with Crippen molar-refractivity contribution in [1.82, 2.24) is 5.06 Å². The summed E-state index contributed by atoms with van der Waals surface area (Å²) in [6.45, 7) is 0.461. The number of fused-ring (bicyclic) bond motifs is 1. The van der Waals surface area contributed by atoms with Crippen molar-refractivity contribution in [2.24, 2.45) is 0 Å². The molecule has 4 rings (SSSR count). The molecule has 48 heavy (non-hydrogen) atoms.